The van der Waals surface area contributed by atoms with Gasteiger partial charge in [0.15, 0.2) is 0 Å². The molecule has 0 unspecified atom stereocenters. The van der Waals surface area contributed by atoms with Crippen LogP contribution in [0.2, 0.25) is 0 Å². The second-order valence-electron chi connectivity index (χ2n) is 4.03. The summed E-state index contributed by atoms with van der Waals surface area (Å²) >= 11 is 0. The predicted octanol–water partition coefficient (Wildman–Crippen LogP) is 4.23. The van der Waals surface area contributed by atoms with E-state index in [1.165, 1.54) is 17.7 Å². The molecule has 2 aromatic rings. The lowest BCUT2D eigenvalue weighted by atomic mass is 9.98. The first-order valence-corrected chi connectivity index (χ1v) is 5.82. The molecular weight excluding hydrogens is 213 g/mol. The molecule has 17 heavy (non-hydrogen) atoms. The van der Waals surface area contributed by atoms with Crippen LogP contribution in [0.1, 0.15) is 12.5 Å². The van der Waals surface area contributed by atoms with Crippen molar-refractivity contribution in [2.45, 2.75) is 13.8 Å². The number of rotatable bonds is 3. The normalized spacial score (nSPS) is 10.3. The number of hydrogen-bond acceptors (Lipinski definition) is 1. The Labute approximate surface area is 101 Å². The Morgan fingerprint density at radius 3 is 2.41 bits per heavy atom. The summed E-state index contributed by atoms with van der Waals surface area (Å²) in [5.41, 5.74) is 4.48. The van der Waals surface area contributed by atoms with Gasteiger partial charge in [-0.3, -0.25) is 0 Å². The van der Waals surface area contributed by atoms with Crippen LogP contribution >= 0.6 is 0 Å². The predicted molar refractivity (Wildman–Crippen MR) is 70.7 cm³/mol. The molecule has 88 valence electrons. The zero-order chi connectivity index (χ0) is 12.3. The molecule has 0 aliphatic carbocycles. The Hall–Kier alpha value is -1.83. The summed E-state index contributed by atoms with van der Waals surface area (Å²) in [7, 11) is 0. The quantitative estimate of drug-likeness (QED) is 0.830. The van der Waals surface area contributed by atoms with E-state index in [-0.39, 0.29) is 5.82 Å². The Morgan fingerprint density at radius 1 is 1.06 bits per heavy atom. The minimum atomic E-state index is -0.202. The molecule has 0 fully saturated rings. The van der Waals surface area contributed by atoms with E-state index in [0.29, 0.717) is 0 Å². The largest absolute Gasteiger partial charge is 0.385 e. The summed E-state index contributed by atoms with van der Waals surface area (Å²) in [6, 6.07) is 12.8. The van der Waals surface area contributed by atoms with Gasteiger partial charge in [0.25, 0.3) is 0 Å². The van der Waals surface area contributed by atoms with Crippen LogP contribution in [-0.4, -0.2) is 6.54 Å². The van der Waals surface area contributed by atoms with Crippen LogP contribution in [0, 0.1) is 12.7 Å². The van der Waals surface area contributed by atoms with Crippen molar-refractivity contribution in [2.75, 3.05) is 11.9 Å². The Balaban J connectivity index is 2.53. The molecule has 0 atom stereocenters. The topological polar surface area (TPSA) is 12.0 Å². The summed E-state index contributed by atoms with van der Waals surface area (Å²) in [5.74, 6) is -0.202. The third kappa shape index (κ3) is 2.47. The van der Waals surface area contributed by atoms with Crippen molar-refractivity contribution in [3.05, 3.63) is 53.8 Å². The molecule has 0 aromatic heterocycles. The Morgan fingerprint density at radius 2 is 1.76 bits per heavy atom. The third-order valence-corrected chi connectivity index (χ3v) is 2.77. The molecule has 2 rings (SSSR count). The third-order valence-electron chi connectivity index (χ3n) is 2.77. The van der Waals surface area contributed by atoms with Crippen molar-refractivity contribution >= 4 is 5.69 Å². The SMILES string of the molecule is CCNc1cccc(C)c1-c1ccc(F)cc1. The highest BCUT2D eigenvalue weighted by Gasteiger charge is 2.07. The lowest BCUT2D eigenvalue weighted by Gasteiger charge is -2.13. The van der Waals surface area contributed by atoms with Crippen LogP contribution < -0.4 is 5.32 Å². The first-order chi connectivity index (χ1) is 8.22. The van der Waals surface area contributed by atoms with Crippen molar-refractivity contribution in [2.24, 2.45) is 0 Å². The highest BCUT2D eigenvalue weighted by Crippen LogP contribution is 2.31. The van der Waals surface area contributed by atoms with Crippen molar-refractivity contribution in [3.8, 4) is 11.1 Å². The van der Waals surface area contributed by atoms with Crippen molar-refractivity contribution in [1.29, 1.82) is 0 Å². The van der Waals surface area contributed by atoms with Gasteiger partial charge in [0, 0.05) is 17.8 Å². The van der Waals surface area contributed by atoms with Gasteiger partial charge in [-0.1, -0.05) is 24.3 Å². The lowest BCUT2D eigenvalue weighted by molar-refractivity contribution is 0.628. The molecule has 2 aromatic carbocycles. The zero-order valence-corrected chi connectivity index (χ0v) is 10.1. The van der Waals surface area contributed by atoms with Gasteiger partial charge in [0.1, 0.15) is 5.82 Å². The van der Waals surface area contributed by atoms with E-state index < -0.39 is 0 Å². The maximum absolute atomic E-state index is 12.9. The van der Waals surface area contributed by atoms with E-state index in [4.69, 9.17) is 0 Å². The first kappa shape index (κ1) is 11.6. The molecule has 0 aliphatic heterocycles. The van der Waals surface area contributed by atoms with E-state index in [1.807, 2.05) is 18.2 Å². The highest BCUT2D eigenvalue weighted by molar-refractivity contribution is 5.80. The molecular formula is C15H16FN. The number of nitrogens with one attached hydrogen (secondary N) is 1. The minimum absolute atomic E-state index is 0.202. The van der Waals surface area contributed by atoms with E-state index in [1.54, 1.807) is 0 Å². The van der Waals surface area contributed by atoms with Gasteiger partial charge in [0.2, 0.25) is 0 Å². The standard InChI is InChI=1S/C15H16FN/c1-3-17-14-6-4-5-11(2)15(14)12-7-9-13(16)10-8-12/h4-10,17H,3H2,1-2H3. The van der Waals surface area contributed by atoms with Crippen LogP contribution in [0.15, 0.2) is 42.5 Å². The number of hydrogen-bond donors (Lipinski definition) is 1. The average Bonchev–Trinajstić information content (AvgIpc) is 2.32. The lowest BCUT2D eigenvalue weighted by Crippen LogP contribution is -1.99. The van der Waals surface area contributed by atoms with E-state index in [9.17, 15) is 4.39 Å². The average molecular weight is 229 g/mol. The second-order valence-corrected chi connectivity index (χ2v) is 4.03. The van der Waals surface area contributed by atoms with Gasteiger partial charge in [-0.05, 0) is 43.2 Å². The summed E-state index contributed by atoms with van der Waals surface area (Å²) in [6.07, 6.45) is 0. The fourth-order valence-corrected chi connectivity index (χ4v) is 2.01. The number of halogens is 1. The van der Waals surface area contributed by atoms with E-state index >= 15 is 0 Å². The molecule has 1 N–H and O–H groups in total. The fourth-order valence-electron chi connectivity index (χ4n) is 2.01. The van der Waals surface area contributed by atoms with Crippen molar-refractivity contribution < 1.29 is 4.39 Å². The summed E-state index contributed by atoms with van der Waals surface area (Å²) < 4.78 is 12.9. The van der Waals surface area contributed by atoms with Gasteiger partial charge in [-0.25, -0.2) is 4.39 Å². The van der Waals surface area contributed by atoms with E-state index in [2.05, 4.69) is 31.3 Å². The van der Waals surface area contributed by atoms with Crippen LogP contribution in [0.25, 0.3) is 11.1 Å². The molecule has 0 bridgehead atoms. The second kappa shape index (κ2) is 5.00. The van der Waals surface area contributed by atoms with Gasteiger partial charge in [0.05, 0.1) is 0 Å². The van der Waals surface area contributed by atoms with Crippen LogP contribution in [0.3, 0.4) is 0 Å². The van der Waals surface area contributed by atoms with Gasteiger partial charge in [-0.2, -0.15) is 0 Å². The van der Waals surface area contributed by atoms with Gasteiger partial charge < -0.3 is 5.32 Å². The number of benzene rings is 2. The number of aryl methyl sites for hydroxylation is 1. The van der Waals surface area contributed by atoms with Gasteiger partial charge >= 0.3 is 0 Å². The monoisotopic (exact) mass is 229 g/mol. The molecule has 0 radical (unpaired) electrons. The van der Waals surface area contributed by atoms with Crippen LogP contribution in [0.4, 0.5) is 10.1 Å². The highest BCUT2D eigenvalue weighted by atomic mass is 19.1. The van der Waals surface area contributed by atoms with Crippen molar-refractivity contribution in [3.63, 3.8) is 0 Å². The number of anilines is 1. The molecule has 0 heterocycles. The van der Waals surface area contributed by atoms with Crippen LogP contribution in [0.5, 0.6) is 0 Å². The summed E-state index contributed by atoms with van der Waals surface area (Å²) in [4.78, 5) is 0. The van der Waals surface area contributed by atoms with Crippen LogP contribution in [-0.2, 0) is 0 Å². The maximum Gasteiger partial charge on any atom is 0.123 e. The van der Waals surface area contributed by atoms with E-state index in [0.717, 1.165) is 23.4 Å². The molecule has 2 heteroatoms. The molecule has 0 aliphatic rings. The smallest absolute Gasteiger partial charge is 0.123 e. The van der Waals surface area contributed by atoms with Gasteiger partial charge in [-0.15, -0.1) is 0 Å². The van der Waals surface area contributed by atoms with Crippen molar-refractivity contribution in [1.82, 2.24) is 0 Å². The Kier molecular flexibility index (Phi) is 3.43. The Bertz CT molecular complexity index is 503. The summed E-state index contributed by atoms with van der Waals surface area (Å²) in [6.45, 7) is 5.01. The molecule has 0 amide bonds. The maximum atomic E-state index is 12.9. The molecule has 0 spiro atoms. The minimum Gasteiger partial charge on any atom is -0.385 e. The fraction of sp³-hybridized carbons (Fsp3) is 0.200. The molecule has 1 nitrogen and oxygen atoms in total. The molecule has 0 saturated heterocycles. The molecule has 0 saturated carbocycles. The zero-order valence-electron chi connectivity index (χ0n) is 10.1. The first-order valence-electron chi connectivity index (χ1n) is 5.82. The summed E-state index contributed by atoms with van der Waals surface area (Å²) in [5, 5.41) is 3.34.